The number of carbonyl (C=O) groups is 2. The van der Waals surface area contributed by atoms with Crippen LogP contribution in [0.2, 0.25) is 0 Å². The van der Waals surface area contributed by atoms with Crippen molar-refractivity contribution in [2.24, 2.45) is 11.8 Å². The predicted molar refractivity (Wildman–Crippen MR) is 74.8 cm³/mol. The molecule has 0 heterocycles. The van der Waals surface area contributed by atoms with Crippen LogP contribution in [0.5, 0.6) is 0 Å². The fourth-order valence-electron chi connectivity index (χ4n) is 2.81. The first-order chi connectivity index (χ1) is 8.89. The van der Waals surface area contributed by atoms with E-state index in [0.29, 0.717) is 24.7 Å². The van der Waals surface area contributed by atoms with Crippen LogP contribution in [0.1, 0.15) is 65.7 Å². The number of amides is 1. The third-order valence-corrected chi connectivity index (χ3v) is 4.56. The van der Waals surface area contributed by atoms with Gasteiger partial charge in [0.1, 0.15) is 5.54 Å². The molecule has 0 radical (unpaired) electrons. The zero-order chi connectivity index (χ0) is 14.5. The van der Waals surface area contributed by atoms with E-state index in [4.69, 9.17) is 5.11 Å². The van der Waals surface area contributed by atoms with E-state index >= 15 is 0 Å². The van der Waals surface area contributed by atoms with Crippen LogP contribution in [0.25, 0.3) is 0 Å². The van der Waals surface area contributed by atoms with E-state index in [1.165, 1.54) is 32.1 Å². The van der Waals surface area contributed by atoms with Crippen molar-refractivity contribution in [2.75, 3.05) is 0 Å². The minimum absolute atomic E-state index is 0.134. The molecule has 1 rings (SSSR count). The summed E-state index contributed by atoms with van der Waals surface area (Å²) in [5.41, 5.74) is -1.14. The molecule has 1 fully saturated rings. The number of hydrogen-bond donors (Lipinski definition) is 2. The lowest BCUT2D eigenvalue weighted by molar-refractivity contribution is -0.147. The zero-order valence-corrected chi connectivity index (χ0v) is 12.4. The number of carboxylic acids is 1. The molecule has 19 heavy (non-hydrogen) atoms. The summed E-state index contributed by atoms with van der Waals surface area (Å²) in [7, 11) is 0. The fourth-order valence-corrected chi connectivity index (χ4v) is 2.81. The molecule has 1 saturated carbocycles. The largest absolute Gasteiger partial charge is 0.480 e. The summed E-state index contributed by atoms with van der Waals surface area (Å²) in [6.07, 6.45) is 7.08. The molecule has 2 N–H and O–H groups in total. The molecule has 4 nitrogen and oxygen atoms in total. The van der Waals surface area contributed by atoms with Crippen LogP contribution < -0.4 is 5.32 Å². The predicted octanol–water partition coefficient (Wildman–Crippen LogP) is 2.96. The standard InChI is InChI=1S/C15H27NO3/c1-4-15(3,14(18)19)16-13(17)10-11(2)12-8-6-5-7-9-12/h11-12H,4-10H2,1-3H3,(H,16,17)(H,18,19). The van der Waals surface area contributed by atoms with Gasteiger partial charge in [0.15, 0.2) is 0 Å². The van der Waals surface area contributed by atoms with Gasteiger partial charge in [0.25, 0.3) is 0 Å². The maximum absolute atomic E-state index is 12.0. The Morgan fingerprint density at radius 3 is 2.37 bits per heavy atom. The first-order valence-electron chi connectivity index (χ1n) is 7.43. The van der Waals surface area contributed by atoms with Crippen LogP contribution in [0.15, 0.2) is 0 Å². The zero-order valence-electron chi connectivity index (χ0n) is 12.4. The van der Waals surface area contributed by atoms with Crippen molar-refractivity contribution < 1.29 is 14.7 Å². The van der Waals surface area contributed by atoms with Crippen molar-refractivity contribution in [3.63, 3.8) is 0 Å². The number of hydrogen-bond acceptors (Lipinski definition) is 2. The Labute approximate surface area is 116 Å². The quantitative estimate of drug-likeness (QED) is 0.779. The van der Waals surface area contributed by atoms with Gasteiger partial charge in [0, 0.05) is 6.42 Å². The maximum Gasteiger partial charge on any atom is 0.329 e. The molecule has 0 saturated heterocycles. The topological polar surface area (TPSA) is 66.4 Å². The minimum Gasteiger partial charge on any atom is -0.480 e. The Morgan fingerprint density at radius 2 is 1.89 bits per heavy atom. The Bertz CT molecular complexity index is 323. The van der Waals surface area contributed by atoms with E-state index in [-0.39, 0.29) is 5.91 Å². The average molecular weight is 269 g/mol. The first-order valence-corrected chi connectivity index (χ1v) is 7.43. The van der Waals surface area contributed by atoms with Gasteiger partial charge >= 0.3 is 5.97 Å². The van der Waals surface area contributed by atoms with Crippen molar-refractivity contribution in [1.29, 1.82) is 0 Å². The molecule has 0 aromatic carbocycles. The molecular weight excluding hydrogens is 242 g/mol. The second-order valence-electron chi connectivity index (χ2n) is 6.12. The molecular formula is C15H27NO3. The van der Waals surface area contributed by atoms with E-state index in [9.17, 15) is 9.59 Å². The highest BCUT2D eigenvalue weighted by molar-refractivity contribution is 5.86. The van der Waals surface area contributed by atoms with Gasteiger partial charge in [-0.15, -0.1) is 0 Å². The molecule has 1 aliphatic rings. The van der Waals surface area contributed by atoms with E-state index in [0.717, 1.165) is 0 Å². The number of carboxylic acid groups (broad SMARTS) is 1. The molecule has 1 aliphatic carbocycles. The van der Waals surface area contributed by atoms with Crippen molar-refractivity contribution >= 4 is 11.9 Å². The van der Waals surface area contributed by atoms with Gasteiger partial charge < -0.3 is 10.4 Å². The summed E-state index contributed by atoms with van der Waals surface area (Å²) >= 11 is 0. The lowest BCUT2D eigenvalue weighted by Crippen LogP contribution is -2.52. The summed E-state index contributed by atoms with van der Waals surface area (Å²) in [6.45, 7) is 5.46. The lowest BCUT2D eigenvalue weighted by Gasteiger charge is -2.29. The van der Waals surface area contributed by atoms with Crippen molar-refractivity contribution in [1.82, 2.24) is 5.32 Å². The van der Waals surface area contributed by atoms with Crippen LogP contribution in [0, 0.1) is 11.8 Å². The minimum atomic E-state index is -1.14. The number of rotatable bonds is 6. The fraction of sp³-hybridized carbons (Fsp3) is 0.867. The monoisotopic (exact) mass is 269 g/mol. The Balaban J connectivity index is 2.47. The summed E-state index contributed by atoms with van der Waals surface area (Å²) in [6, 6.07) is 0. The van der Waals surface area contributed by atoms with Crippen LogP contribution in [0.4, 0.5) is 0 Å². The van der Waals surface area contributed by atoms with Gasteiger partial charge in [-0.25, -0.2) is 4.79 Å². The highest BCUT2D eigenvalue weighted by atomic mass is 16.4. The smallest absolute Gasteiger partial charge is 0.329 e. The summed E-state index contributed by atoms with van der Waals surface area (Å²) in [5, 5.41) is 11.8. The molecule has 0 spiro atoms. The Kier molecular flexibility index (Phi) is 5.83. The van der Waals surface area contributed by atoms with Gasteiger partial charge in [-0.2, -0.15) is 0 Å². The van der Waals surface area contributed by atoms with Crippen LogP contribution in [-0.2, 0) is 9.59 Å². The van der Waals surface area contributed by atoms with Gasteiger partial charge in [0.05, 0.1) is 0 Å². The number of carbonyl (C=O) groups excluding carboxylic acids is 1. The number of aliphatic carboxylic acids is 1. The van der Waals surface area contributed by atoms with Gasteiger partial charge in [0.2, 0.25) is 5.91 Å². The Hall–Kier alpha value is -1.06. The SMILES string of the molecule is CCC(C)(NC(=O)CC(C)C1CCCCC1)C(=O)O. The van der Waals surface area contributed by atoms with E-state index < -0.39 is 11.5 Å². The molecule has 4 heteroatoms. The van der Waals surface area contributed by atoms with Crippen molar-refractivity contribution in [2.45, 2.75) is 71.3 Å². The van der Waals surface area contributed by atoms with Crippen LogP contribution in [-0.4, -0.2) is 22.5 Å². The maximum atomic E-state index is 12.0. The van der Waals surface area contributed by atoms with Crippen LogP contribution >= 0.6 is 0 Å². The van der Waals surface area contributed by atoms with Gasteiger partial charge in [-0.05, 0) is 25.2 Å². The highest BCUT2D eigenvalue weighted by Gasteiger charge is 2.33. The molecule has 2 atom stereocenters. The molecule has 0 bridgehead atoms. The van der Waals surface area contributed by atoms with E-state index in [1.54, 1.807) is 13.8 Å². The van der Waals surface area contributed by atoms with E-state index in [2.05, 4.69) is 12.2 Å². The van der Waals surface area contributed by atoms with E-state index in [1.807, 2.05) is 0 Å². The third-order valence-electron chi connectivity index (χ3n) is 4.56. The first kappa shape index (κ1) is 16.0. The second kappa shape index (κ2) is 6.92. The molecule has 0 aromatic heterocycles. The molecule has 0 aromatic rings. The van der Waals surface area contributed by atoms with Crippen LogP contribution in [0.3, 0.4) is 0 Å². The molecule has 2 unspecified atom stereocenters. The lowest BCUT2D eigenvalue weighted by atomic mass is 9.79. The third kappa shape index (κ3) is 4.51. The average Bonchev–Trinajstić information content (AvgIpc) is 2.39. The highest BCUT2D eigenvalue weighted by Crippen LogP contribution is 2.31. The van der Waals surface area contributed by atoms with Crippen molar-refractivity contribution in [3.8, 4) is 0 Å². The Morgan fingerprint density at radius 1 is 1.32 bits per heavy atom. The second-order valence-corrected chi connectivity index (χ2v) is 6.12. The van der Waals surface area contributed by atoms with Gasteiger partial charge in [-0.3, -0.25) is 4.79 Å². The summed E-state index contributed by atoms with van der Waals surface area (Å²) < 4.78 is 0. The normalized spacial score (nSPS) is 21.4. The molecule has 110 valence electrons. The molecule has 0 aliphatic heterocycles. The number of nitrogens with one attached hydrogen (secondary N) is 1. The summed E-state index contributed by atoms with van der Waals surface area (Å²) in [5.74, 6) is -0.133. The molecule has 1 amide bonds. The van der Waals surface area contributed by atoms with Gasteiger partial charge in [-0.1, -0.05) is 46.0 Å². The van der Waals surface area contributed by atoms with Crippen molar-refractivity contribution in [3.05, 3.63) is 0 Å². The summed E-state index contributed by atoms with van der Waals surface area (Å²) in [4.78, 5) is 23.2.